The van der Waals surface area contributed by atoms with E-state index in [4.69, 9.17) is 9.47 Å². The van der Waals surface area contributed by atoms with Crippen LogP contribution in [-0.4, -0.2) is 31.1 Å². The largest absolute Gasteiger partial charge is 0.497 e. The standard InChI is InChI=1S/C24H23NO3/c1-27-20-8-7-18-14-21-22(15-19(18)13-20)24(28-23(21)26)9-11-25(12-10-24)16-17-5-3-2-4-6-17/h2-8,13-15H,9-12,16H2,1H3. The van der Waals surface area contributed by atoms with Crippen LogP contribution < -0.4 is 4.74 Å². The van der Waals surface area contributed by atoms with E-state index in [1.165, 1.54) is 5.56 Å². The van der Waals surface area contributed by atoms with E-state index in [2.05, 4.69) is 35.2 Å². The Morgan fingerprint density at radius 3 is 2.54 bits per heavy atom. The maximum atomic E-state index is 12.6. The lowest BCUT2D eigenvalue weighted by Crippen LogP contribution is -2.42. The van der Waals surface area contributed by atoms with E-state index >= 15 is 0 Å². The first-order chi connectivity index (χ1) is 13.7. The quantitative estimate of drug-likeness (QED) is 0.633. The van der Waals surface area contributed by atoms with Crippen molar-refractivity contribution in [2.75, 3.05) is 20.2 Å². The maximum Gasteiger partial charge on any atom is 0.339 e. The van der Waals surface area contributed by atoms with Crippen LogP contribution in [0.1, 0.15) is 34.3 Å². The molecule has 1 fully saturated rings. The van der Waals surface area contributed by atoms with Crippen LogP contribution in [0.5, 0.6) is 5.75 Å². The number of benzene rings is 3. The SMILES string of the molecule is COc1ccc2cc3c(cc2c1)C1(CCN(Cc2ccccc2)CC1)OC3=O. The topological polar surface area (TPSA) is 38.8 Å². The second-order valence-corrected chi connectivity index (χ2v) is 7.76. The Labute approximate surface area is 164 Å². The molecule has 0 N–H and O–H groups in total. The fourth-order valence-corrected chi connectivity index (χ4v) is 4.52. The zero-order valence-electron chi connectivity index (χ0n) is 16.0. The zero-order valence-corrected chi connectivity index (χ0v) is 16.0. The first kappa shape index (κ1) is 17.3. The summed E-state index contributed by atoms with van der Waals surface area (Å²) in [6.45, 7) is 2.77. The van der Waals surface area contributed by atoms with Crippen molar-refractivity contribution >= 4 is 16.7 Å². The highest BCUT2D eigenvalue weighted by molar-refractivity contribution is 6.00. The second kappa shape index (κ2) is 6.64. The summed E-state index contributed by atoms with van der Waals surface area (Å²) in [5, 5.41) is 2.12. The molecule has 2 aliphatic heterocycles. The molecule has 0 saturated carbocycles. The lowest BCUT2D eigenvalue weighted by atomic mass is 9.82. The number of fused-ring (bicyclic) bond motifs is 3. The highest BCUT2D eigenvalue weighted by Crippen LogP contribution is 2.45. The molecule has 2 aliphatic rings. The molecule has 0 bridgehead atoms. The number of carbonyl (C=O) groups excluding carboxylic acids is 1. The maximum absolute atomic E-state index is 12.6. The fourth-order valence-electron chi connectivity index (χ4n) is 4.52. The second-order valence-electron chi connectivity index (χ2n) is 7.76. The molecule has 142 valence electrons. The molecule has 0 aliphatic carbocycles. The smallest absolute Gasteiger partial charge is 0.339 e. The summed E-state index contributed by atoms with van der Waals surface area (Å²) in [6.07, 6.45) is 1.65. The number of rotatable bonds is 3. The molecule has 0 unspecified atom stereocenters. The van der Waals surface area contributed by atoms with E-state index in [0.717, 1.165) is 54.6 Å². The fraction of sp³-hybridized carbons (Fsp3) is 0.292. The highest BCUT2D eigenvalue weighted by atomic mass is 16.6. The van der Waals surface area contributed by atoms with Crippen molar-refractivity contribution in [1.82, 2.24) is 4.90 Å². The van der Waals surface area contributed by atoms with Crippen molar-refractivity contribution in [3.63, 3.8) is 0 Å². The lowest BCUT2D eigenvalue weighted by Gasteiger charge is -2.38. The molecule has 5 rings (SSSR count). The van der Waals surface area contributed by atoms with Crippen LogP contribution in [0, 0.1) is 0 Å². The number of methoxy groups -OCH3 is 1. The molecular weight excluding hydrogens is 350 g/mol. The van der Waals surface area contributed by atoms with Gasteiger partial charge in [0, 0.05) is 38.0 Å². The number of likely N-dealkylation sites (tertiary alicyclic amines) is 1. The van der Waals surface area contributed by atoms with Crippen LogP contribution >= 0.6 is 0 Å². The minimum Gasteiger partial charge on any atom is -0.497 e. The average molecular weight is 373 g/mol. The van der Waals surface area contributed by atoms with Gasteiger partial charge >= 0.3 is 5.97 Å². The summed E-state index contributed by atoms with van der Waals surface area (Å²) < 4.78 is 11.4. The third-order valence-corrected chi connectivity index (χ3v) is 6.10. The molecule has 3 aromatic carbocycles. The number of nitrogens with zero attached hydrogens (tertiary/aromatic N) is 1. The molecule has 1 spiro atoms. The third-order valence-electron chi connectivity index (χ3n) is 6.10. The van der Waals surface area contributed by atoms with E-state index in [-0.39, 0.29) is 5.97 Å². The average Bonchev–Trinajstić information content (AvgIpc) is 2.99. The Morgan fingerprint density at radius 1 is 1.00 bits per heavy atom. The highest BCUT2D eigenvalue weighted by Gasteiger charge is 2.47. The number of esters is 1. The molecule has 0 aromatic heterocycles. The van der Waals surface area contributed by atoms with Gasteiger partial charge in [-0.2, -0.15) is 0 Å². The molecule has 1 saturated heterocycles. The van der Waals surface area contributed by atoms with Gasteiger partial charge in [-0.3, -0.25) is 4.90 Å². The van der Waals surface area contributed by atoms with Crippen LogP contribution in [-0.2, 0) is 16.9 Å². The van der Waals surface area contributed by atoms with Crippen LogP contribution in [0.4, 0.5) is 0 Å². The Morgan fingerprint density at radius 2 is 1.79 bits per heavy atom. The van der Waals surface area contributed by atoms with Gasteiger partial charge in [0.15, 0.2) is 0 Å². The summed E-state index contributed by atoms with van der Waals surface area (Å²) in [7, 11) is 1.67. The van der Waals surface area contributed by atoms with Crippen molar-refractivity contribution in [1.29, 1.82) is 0 Å². The van der Waals surface area contributed by atoms with E-state index in [9.17, 15) is 4.79 Å². The monoisotopic (exact) mass is 373 g/mol. The number of ether oxygens (including phenoxy) is 2. The molecule has 0 amide bonds. The molecule has 2 heterocycles. The normalized spacial score (nSPS) is 18.2. The van der Waals surface area contributed by atoms with Crippen molar-refractivity contribution < 1.29 is 14.3 Å². The number of piperidine rings is 1. The van der Waals surface area contributed by atoms with E-state index < -0.39 is 5.60 Å². The molecule has 0 atom stereocenters. The van der Waals surface area contributed by atoms with Crippen molar-refractivity contribution in [3.05, 3.63) is 77.4 Å². The first-order valence-corrected chi connectivity index (χ1v) is 9.79. The van der Waals surface area contributed by atoms with Gasteiger partial charge in [-0.15, -0.1) is 0 Å². The summed E-state index contributed by atoms with van der Waals surface area (Å²) in [6, 6.07) is 20.6. The summed E-state index contributed by atoms with van der Waals surface area (Å²) in [5.41, 5.74) is 2.59. The Kier molecular flexibility index (Phi) is 4.09. The summed E-state index contributed by atoms with van der Waals surface area (Å²) in [4.78, 5) is 15.1. The summed E-state index contributed by atoms with van der Waals surface area (Å²) >= 11 is 0. The predicted octanol–water partition coefficient (Wildman–Crippen LogP) is 4.51. The van der Waals surface area contributed by atoms with Crippen LogP contribution in [0.25, 0.3) is 10.8 Å². The number of hydrogen-bond acceptors (Lipinski definition) is 4. The first-order valence-electron chi connectivity index (χ1n) is 9.79. The van der Waals surface area contributed by atoms with Gasteiger partial charge < -0.3 is 9.47 Å². The predicted molar refractivity (Wildman–Crippen MR) is 109 cm³/mol. The van der Waals surface area contributed by atoms with Gasteiger partial charge in [0.1, 0.15) is 11.4 Å². The molecule has 0 radical (unpaired) electrons. The number of carbonyl (C=O) groups is 1. The van der Waals surface area contributed by atoms with Gasteiger partial charge in [0.25, 0.3) is 0 Å². The van der Waals surface area contributed by atoms with Gasteiger partial charge in [0.2, 0.25) is 0 Å². The van der Waals surface area contributed by atoms with Crippen LogP contribution in [0.3, 0.4) is 0 Å². The van der Waals surface area contributed by atoms with Crippen LogP contribution in [0.2, 0.25) is 0 Å². The van der Waals surface area contributed by atoms with Crippen molar-refractivity contribution in [2.45, 2.75) is 25.0 Å². The molecule has 4 heteroatoms. The number of hydrogen-bond donors (Lipinski definition) is 0. The molecular formula is C24H23NO3. The van der Waals surface area contributed by atoms with Crippen LogP contribution in [0.15, 0.2) is 60.7 Å². The Balaban J connectivity index is 1.43. The summed E-state index contributed by atoms with van der Waals surface area (Å²) in [5.74, 6) is 0.633. The van der Waals surface area contributed by atoms with E-state index in [1.54, 1.807) is 7.11 Å². The molecule has 4 nitrogen and oxygen atoms in total. The van der Waals surface area contributed by atoms with Gasteiger partial charge in [0.05, 0.1) is 12.7 Å². The Hall–Kier alpha value is -2.85. The minimum absolute atomic E-state index is 0.191. The third kappa shape index (κ3) is 2.85. The van der Waals surface area contributed by atoms with Gasteiger partial charge in [-0.25, -0.2) is 4.79 Å². The Bertz CT molecular complexity index is 1040. The van der Waals surface area contributed by atoms with Crippen molar-refractivity contribution in [3.8, 4) is 5.75 Å². The molecule has 3 aromatic rings. The van der Waals surface area contributed by atoms with Gasteiger partial charge in [-0.05, 0) is 40.6 Å². The van der Waals surface area contributed by atoms with E-state index in [1.807, 2.05) is 30.3 Å². The molecule has 28 heavy (non-hydrogen) atoms. The van der Waals surface area contributed by atoms with Crippen molar-refractivity contribution in [2.24, 2.45) is 0 Å². The van der Waals surface area contributed by atoms with Gasteiger partial charge in [-0.1, -0.05) is 36.4 Å². The lowest BCUT2D eigenvalue weighted by molar-refractivity contribution is -0.0440. The van der Waals surface area contributed by atoms with E-state index in [0.29, 0.717) is 5.56 Å². The minimum atomic E-state index is -0.489. The zero-order chi connectivity index (χ0) is 19.1.